The SMILES string of the molecule is O=C(NC[C@H](NS(=O)(=O)c1ccccc1)C(=O)O)c1ccc(OCCNc2ncccn2)cc1.O=C(O)C(F)(F)F. The van der Waals surface area contributed by atoms with Crippen molar-refractivity contribution in [1.82, 2.24) is 20.0 Å². The van der Waals surface area contributed by atoms with E-state index >= 15 is 0 Å². The topological polar surface area (TPSA) is 197 Å². The third-order valence-electron chi connectivity index (χ3n) is 4.69. The molecule has 0 fully saturated rings. The van der Waals surface area contributed by atoms with Crippen LogP contribution in [0.4, 0.5) is 19.1 Å². The third kappa shape index (κ3) is 11.5. The number of amides is 1. The summed E-state index contributed by atoms with van der Waals surface area (Å²) in [5.74, 6) is -3.71. The third-order valence-corrected chi connectivity index (χ3v) is 6.18. The molecule has 3 rings (SSSR count). The molecule has 13 nitrogen and oxygen atoms in total. The molecule has 0 saturated carbocycles. The zero-order valence-electron chi connectivity index (χ0n) is 20.9. The molecule has 220 valence electrons. The number of alkyl halides is 3. The molecule has 2 aromatic carbocycles. The zero-order chi connectivity index (χ0) is 30.5. The molecular weight excluding hydrogens is 575 g/mol. The Bertz CT molecular complexity index is 1390. The number of carbonyl (C=O) groups excluding carboxylic acids is 1. The molecule has 0 spiro atoms. The Morgan fingerprint density at radius 3 is 2.05 bits per heavy atom. The molecule has 0 aliphatic carbocycles. The molecule has 0 aliphatic heterocycles. The number of carbonyl (C=O) groups is 3. The zero-order valence-corrected chi connectivity index (χ0v) is 21.7. The van der Waals surface area contributed by atoms with Crippen LogP contribution in [-0.2, 0) is 19.6 Å². The summed E-state index contributed by atoms with van der Waals surface area (Å²) < 4.78 is 64.2. The Morgan fingerprint density at radius 1 is 0.927 bits per heavy atom. The standard InChI is InChI=1S/C22H23N5O6S.C2HF3O2/c28-20(26-15-19(21(29)30)27-34(31,32)18-5-2-1-3-6-18)16-7-9-17(10-8-16)33-14-13-25-22-23-11-4-12-24-22;3-2(4,5)1(6)7/h1-12,19,27H,13-15H2,(H,26,28)(H,29,30)(H,23,24,25);(H,6,7)/t19-;/m0./s1. The summed E-state index contributed by atoms with van der Waals surface area (Å²) in [7, 11) is -4.06. The lowest BCUT2D eigenvalue weighted by atomic mass is 10.2. The number of hydrogen-bond donors (Lipinski definition) is 5. The van der Waals surface area contributed by atoms with E-state index in [4.69, 9.17) is 14.6 Å². The van der Waals surface area contributed by atoms with Gasteiger partial charge in [-0.15, -0.1) is 0 Å². The van der Waals surface area contributed by atoms with Gasteiger partial charge < -0.3 is 25.6 Å². The van der Waals surface area contributed by atoms with E-state index in [-0.39, 0.29) is 10.5 Å². The quantitative estimate of drug-likeness (QED) is 0.190. The lowest BCUT2D eigenvalue weighted by Crippen LogP contribution is -2.48. The van der Waals surface area contributed by atoms with Gasteiger partial charge in [-0.3, -0.25) is 9.59 Å². The number of ether oxygens (including phenoxy) is 1. The van der Waals surface area contributed by atoms with Gasteiger partial charge in [-0.25, -0.2) is 23.2 Å². The lowest BCUT2D eigenvalue weighted by Gasteiger charge is -2.16. The number of hydrogen-bond acceptors (Lipinski definition) is 9. The van der Waals surface area contributed by atoms with Gasteiger partial charge in [-0.2, -0.15) is 17.9 Å². The summed E-state index contributed by atoms with van der Waals surface area (Å²) in [6.45, 7) is 0.374. The number of sulfonamides is 1. The van der Waals surface area contributed by atoms with Crippen LogP contribution in [-0.4, -0.2) is 78.4 Å². The van der Waals surface area contributed by atoms with Crippen molar-refractivity contribution >= 4 is 33.8 Å². The van der Waals surface area contributed by atoms with E-state index in [1.54, 1.807) is 36.7 Å². The Kier molecular flexibility index (Phi) is 12.0. The molecule has 0 aliphatic rings. The van der Waals surface area contributed by atoms with Crippen molar-refractivity contribution in [2.75, 3.05) is 25.0 Å². The van der Waals surface area contributed by atoms with Crippen LogP contribution in [0.1, 0.15) is 10.4 Å². The highest BCUT2D eigenvalue weighted by Gasteiger charge is 2.38. The normalized spacial score (nSPS) is 11.8. The predicted octanol–water partition coefficient (Wildman–Crippen LogP) is 1.76. The van der Waals surface area contributed by atoms with Gasteiger partial charge in [-0.1, -0.05) is 18.2 Å². The fourth-order valence-electron chi connectivity index (χ4n) is 2.76. The first kappa shape index (κ1) is 32.4. The van der Waals surface area contributed by atoms with Crippen LogP contribution in [0.2, 0.25) is 0 Å². The number of aliphatic carboxylic acids is 2. The van der Waals surface area contributed by atoms with E-state index in [1.807, 2.05) is 0 Å². The summed E-state index contributed by atoms with van der Waals surface area (Å²) >= 11 is 0. The molecule has 1 aromatic heterocycles. The molecule has 0 saturated heterocycles. The van der Waals surface area contributed by atoms with Crippen molar-refractivity contribution in [3.63, 3.8) is 0 Å². The maximum atomic E-state index is 12.4. The van der Waals surface area contributed by atoms with Crippen LogP contribution in [0, 0.1) is 0 Å². The summed E-state index contributed by atoms with van der Waals surface area (Å²) in [4.78, 5) is 40.8. The van der Waals surface area contributed by atoms with Crippen LogP contribution in [0.25, 0.3) is 0 Å². The van der Waals surface area contributed by atoms with Crippen molar-refractivity contribution < 1.29 is 50.9 Å². The number of nitrogens with one attached hydrogen (secondary N) is 3. The van der Waals surface area contributed by atoms with Crippen LogP contribution in [0.5, 0.6) is 5.75 Å². The molecule has 3 aromatic rings. The van der Waals surface area contributed by atoms with Crippen LogP contribution in [0.15, 0.2) is 78.0 Å². The Labute approximate surface area is 231 Å². The van der Waals surface area contributed by atoms with Gasteiger partial charge in [0.05, 0.1) is 11.4 Å². The number of carboxylic acid groups (broad SMARTS) is 2. The van der Waals surface area contributed by atoms with Crippen LogP contribution < -0.4 is 20.1 Å². The smallest absolute Gasteiger partial charge is 0.490 e. The highest BCUT2D eigenvalue weighted by molar-refractivity contribution is 7.89. The Balaban J connectivity index is 0.000000745. The van der Waals surface area contributed by atoms with Crippen LogP contribution in [0.3, 0.4) is 0 Å². The molecule has 0 radical (unpaired) electrons. The van der Waals surface area contributed by atoms with E-state index in [0.717, 1.165) is 0 Å². The molecule has 0 bridgehead atoms. The van der Waals surface area contributed by atoms with Gasteiger partial charge in [0.25, 0.3) is 5.91 Å². The molecule has 1 amide bonds. The number of aromatic nitrogens is 2. The largest absolute Gasteiger partial charge is 0.492 e. The second-order valence-electron chi connectivity index (χ2n) is 7.71. The minimum atomic E-state index is -5.08. The molecule has 0 unspecified atom stereocenters. The molecule has 1 heterocycles. The van der Waals surface area contributed by atoms with E-state index in [1.165, 1.54) is 36.4 Å². The summed E-state index contributed by atoms with van der Waals surface area (Å²) in [5.41, 5.74) is 0.262. The number of benzene rings is 2. The number of anilines is 1. The van der Waals surface area contributed by atoms with Crippen molar-refractivity contribution in [2.24, 2.45) is 0 Å². The predicted molar refractivity (Wildman–Crippen MR) is 137 cm³/mol. The van der Waals surface area contributed by atoms with Gasteiger partial charge in [0.2, 0.25) is 16.0 Å². The fraction of sp³-hybridized carbons (Fsp3) is 0.208. The lowest BCUT2D eigenvalue weighted by molar-refractivity contribution is -0.192. The highest BCUT2D eigenvalue weighted by Crippen LogP contribution is 2.14. The molecule has 41 heavy (non-hydrogen) atoms. The fourth-order valence-corrected chi connectivity index (χ4v) is 3.97. The van der Waals surface area contributed by atoms with Gasteiger partial charge in [0, 0.05) is 24.5 Å². The van der Waals surface area contributed by atoms with Crippen molar-refractivity contribution in [3.05, 3.63) is 78.6 Å². The summed E-state index contributed by atoms with van der Waals surface area (Å²) in [5, 5.41) is 21.9. The minimum absolute atomic E-state index is 0.0744. The van der Waals surface area contributed by atoms with Gasteiger partial charge in [-0.05, 0) is 42.5 Å². The number of carboxylic acids is 2. The van der Waals surface area contributed by atoms with E-state index < -0.39 is 46.6 Å². The van der Waals surface area contributed by atoms with Gasteiger partial charge >= 0.3 is 18.1 Å². The molecule has 1 atom stereocenters. The average Bonchev–Trinajstić information content (AvgIpc) is 2.94. The monoisotopic (exact) mass is 599 g/mol. The van der Waals surface area contributed by atoms with E-state index in [2.05, 4.69) is 25.3 Å². The number of nitrogens with zero attached hydrogens (tertiary/aromatic N) is 2. The maximum Gasteiger partial charge on any atom is 0.490 e. The average molecular weight is 600 g/mol. The van der Waals surface area contributed by atoms with Gasteiger partial charge in [0.15, 0.2) is 0 Å². The number of rotatable bonds is 12. The van der Waals surface area contributed by atoms with E-state index in [9.17, 15) is 36.3 Å². The summed E-state index contributed by atoms with van der Waals surface area (Å²) in [6.07, 6.45) is -1.84. The highest BCUT2D eigenvalue weighted by atomic mass is 32.2. The van der Waals surface area contributed by atoms with E-state index in [0.29, 0.717) is 24.8 Å². The first-order valence-corrected chi connectivity index (χ1v) is 12.9. The molecule has 17 heteroatoms. The minimum Gasteiger partial charge on any atom is -0.492 e. The summed E-state index contributed by atoms with van der Waals surface area (Å²) in [6, 6.07) is 13.8. The second-order valence-corrected chi connectivity index (χ2v) is 9.42. The van der Waals surface area contributed by atoms with Crippen molar-refractivity contribution in [2.45, 2.75) is 17.1 Å². The molecule has 5 N–H and O–H groups in total. The number of halogens is 3. The molecular formula is C24H24F3N5O8S. The Morgan fingerprint density at radius 2 is 1.51 bits per heavy atom. The second kappa shape index (κ2) is 15.1. The van der Waals surface area contributed by atoms with Crippen molar-refractivity contribution in [3.8, 4) is 5.75 Å². The Hall–Kier alpha value is -4.77. The maximum absolute atomic E-state index is 12.4. The van der Waals surface area contributed by atoms with Gasteiger partial charge in [0.1, 0.15) is 18.4 Å². The first-order chi connectivity index (χ1) is 19.3. The van der Waals surface area contributed by atoms with Crippen molar-refractivity contribution in [1.29, 1.82) is 0 Å². The first-order valence-electron chi connectivity index (χ1n) is 11.4. The van der Waals surface area contributed by atoms with Crippen LogP contribution >= 0.6 is 0 Å².